The van der Waals surface area contributed by atoms with Crippen molar-refractivity contribution in [3.63, 3.8) is 0 Å². The van der Waals surface area contributed by atoms with Crippen LogP contribution in [0.5, 0.6) is 0 Å². The van der Waals surface area contributed by atoms with Gasteiger partial charge in [0.05, 0.1) is 5.41 Å². The van der Waals surface area contributed by atoms with Crippen LogP contribution >= 0.6 is 11.8 Å². The lowest BCUT2D eigenvalue weighted by molar-refractivity contribution is -0.151. The molecule has 1 atom stereocenters. The average Bonchev–Trinajstić information content (AvgIpc) is 2.75. The number of aliphatic carboxylic acids is 1. The molecule has 1 rings (SSSR count). The third-order valence-corrected chi connectivity index (χ3v) is 4.47. The SMILES string of the molecule is CSC(C)CNC(=O)CC1(C(=O)O)CCCC1. The molecule has 0 bridgehead atoms. The standard InChI is InChI=1S/C12H21NO3S/c1-9(17-2)8-13-10(14)7-12(11(15)16)5-3-4-6-12/h9H,3-8H2,1-2H3,(H,13,14)(H,15,16). The summed E-state index contributed by atoms with van der Waals surface area (Å²) in [5, 5.41) is 12.4. The predicted octanol–water partition coefficient (Wildman–Crippen LogP) is 1.89. The minimum absolute atomic E-state index is 0.128. The summed E-state index contributed by atoms with van der Waals surface area (Å²) >= 11 is 1.68. The second-order valence-electron chi connectivity index (χ2n) is 4.82. The Morgan fingerprint density at radius 2 is 2.00 bits per heavy atom. The van der Waals surface area contributed by atoms with Gasteiger partial charge in [-0.3, -0.25) is 9.59 Å². The van der Waals surface area contributed by atoms with Crippen LogP contribution in [0.4, 0.5) is 0 Å². The Hall–Kier alpha value is -0.710. The van der Waals surface area contributed by atoms with Crippen molar-refractivity contribution in [3.8, 4) is 0 Å². The normalized spacial score (nSPS) is 19.9. The smallest absolute Gasteiger partial charge is 0.310 e. The van der Waals surface area contributed by atoms with Gasteiger partial charge in [-0.25, -0.2) is 0 Å². The van der Waals surface area contributed by atoms with E-state index in [0.29, 0.717) is 24.6 Å². The minimum Gasteiger partial charge on any atom is -0.481 e. The summed E-state index contributed by atoms with van der Waals surface area (Å²) in [6, 6.07) is 0. The molecule has 2 N–H and O–H groups in total. The van der Waals surface area contributed by atoms with Crippen molar-refractivity contribution >= 4 is 23.6 Å². The summed E-state index contributed by atoms with van der Waals surface area (Å²) < 4.78 is 0. The maximum atomic E-state index is 11.7. The van der Waals surface area contributed by atoms with Gasteiger partial charge in [0.25, 0.3) is 0 Å². The van der Waals surface area contributed by atoms with E-state index in [4.69, 9.17) is 0 Å². The molecule has 5 heteroatoms. The van der Waals surface area contributed by atoms with E-state index in [1.54, 1.807) is 11.8 Å². The molecule has 0 radical (unpaired) electrons. The summed E-state index contributed by atoms with van der Waals surface area (Å²) in [6.07, 6.45) is 5.22. The quantitative estimate of drug-likeness (QED) is 0.764. The molecular weight excluding hydrogens is 238 g/mol. The van der Waals surface area contributed by atoms with Crippen molar-refractivity contribution < 1.29 is 14.7 Å². The number of carbonyl (C=O) groups excluding carboxylic acids is 1. The second kappa shape index (κ2) is 6.28. The predicted molar refractivity (Wildman–Crippen MR) is 69.1 cm³/mol. The molecule has 1 fully saturated rings. The highest BCUT2D eigenvalue weighted by molar-refractivity contribution is 7.99. The molecule has 1 aliphatic carbocycles. The zero-order chi connectivity index (χ0) is 12.9. The molecule has 0 aromatic heterocycles. The largest absolute Gasteiger partial charge is 0.481 e. The van der Waals surface area contributed by atoms with Gasteiger partial charge in [-0.05, 0) is 19.1 Å². The molecule has 1 aliphatic rings. The highest BCUT2D eigenvalue weighted by atomic mass is 32.2. The highest BCUT2D eigenvalue weighted by Crippen LogP contribution is 2.41. The second-order valence-corrected chi connectivity index (χ2v) is 6.10. The first-order valence-electron chi connectivity index (χ1n) is 6.03. The van der Waals surface area contributed by atoms with Gasteiger partial charge in [0, 0.05) is 18.2 Å². The zero-order valence-corrected chi connectivity index (χ0v) is 11.3. The molecule has 1 unspecified atom stereocenters. The van der Waals surface area contributed by atoms with Crippen LogP contribution in [0.2, 0.25) is 0 Å². The molecule has 0 spiro atoms. The number of hydrogen-bond acceptors (Lipinski definition) is 3. The van der Waals surface area contributed by atoms with Crippen molar-refractivity contribution in [3.05, 3.63) is 0 Å². The van der Waals surface area contributed by atoms with Crippen LogP contribution in [0.25, 0.3) is 0 Å². The van der Waals surface area contributed by atoms with E-state index >= 15 is 0 Å². The number of thioether (sulfide) groups is 1. The van der Waals surface area contributed by atoms with Gasteiger partial charge in [0.1, 0.15) is 0 Å². The molecule has 1 saturated carbocycles. The molecule has 4 nitrogen and oxygen atoms in total. The number of carboxylic acids is 1. The van der Waals surface area contributed by atoms with Crippen LogP contribution in [0.1, 0.15) is 39.0 Å². The average molecular weight is 259 g/mol. The molecule has 1 amide bonds. The van der Waals surface area contributed by atoms with E-state index in [0.717, 1.165) is 12.8 Å². The van der Waals surface area contributed by atoms with Crippen molar-refractivity contribution in [2.75, 3.05) is 12.8 Å². The van der Waals surface area contributed by atoms with Gasteiger partial charge < -0.3 is 10.4 Å². The Morgan fingerprint density at radius 1 is 1.41 bits per heavy atom. The van der Waals surface area contributed by atoms with Crippen molar-refractivity contribution in [2.45, 2.75) is 44.3 Å². The van der Waals surface area contributed by atoms with E-state index in [2.05, 4.69) is 5.32 Å². The molecule has 98 valence electrons. The molecule has 0 aliphatic heterocycles. The number of hydrogen-bond donors (Lipinski definition) is 2. The van der Waals surface area contributed by atoms with E-state index in [9.17, 15) is 14.7 Å². The zero-order valence-electron chi connectivity index (χ0n) is 10.5. The van der Waals surface area contributed by atoms with Crippen LogP contribution < -0.4 is 5.32 Å². The first-order valence-corrected chi connectivity index (χ1v) is 7.32. The fraction of sp³-hybridized carbons (Fsp3) is 0.833. The summed E-state index contributed by atoms with van der Waals surface area (Å²) in [7, 11) is 0. The Bertz CT molecular complexity index is 287. The van der Waals surface area contributed by atoms with Crippen molar-refractivity contribution in [1.29, 1.82) is 0 Å². The maximum Gasteiger partial charge on any atom is 0.310 e. The monoisotopic (exact) mass is 259 g/mol. The third-order valence-electron chi connectivity index (χ3n) is 3.50. The molecule has 17 heavy (non-hydrogen) atoms. The van der Waals surface area contributed by atoms with Crippen molar-refractivity contribution in [2.24, 2.45) is 5.41 Å². The molecule has 0 aromatic carbocycles. The topological polar surface area (TPSA) is 66.4 Å². The van der Waals surface area contributed by atoms with E-state index in [1.165, 1.54) is 0 Å². The Balaban J connectivity index is 2.45. The maximum absolute atomic E-state index is 11.7. The number of nitrogens with one attached hydrogen (secondary N) is 1. The number of amides is 1. The van der Waals surface area contributed by atoms with Gasteiger partial charge >= 0.3 is 5.97 Å². The Kier molecular flexibility index (Phi) is 5.31. The van der Waals surface area contributed by atoms with Gasteiger partial charge in [-0.2, -0.15) is 11.8 Å². The Labute approximate surface area is 107 Å². The lowest BCUT2D eigenvalue weighted by Gasteiger charge is -2.23. The fourth-order valence-corrected chi connectivity index (χ4v) is 2.48. The van der Waals surface area contributed by atoms with E-state index in [-0.39, 0.29) is 12.3 Å². The van der Waals surface area contributed by atoms with Crippen molar-refractivity contribution in [1.82, 2.24) is 5.32 Å². The van der Waals surface area contributed by atoms with Gasteiger partial charge in [-0.1, -0.05) is 19.8 Å². The summed E-state index contributed by atoms with van der Waals surface area (Å²) in [5.41, 5.74) is -0.799. The summed E-state index contributed by atoms with van der Waals surface area (Å²) in [5.74, 6) is -0.946. The Morgan fingerprint density at radius 3 is 2.47 bits per heavy atom. The summed E-state index contributed by atoms with van der Waals surface area (Å²) in [6.45, 7) is 2.64. The first kappa shape index (κ1) is 14.4. The van der Waals surface area contributed by atoms with Crippen LogP contribution in [-0.2, 0) is 9.59 Å². The third kappa shape index (κ3) is 3.91. The van der Waals surface area contributed by atoms with Gasteiger partial charge in [0.15, 0.2) is 0 Å². The number of carboxylic acid groups (broad SMARTS) is 1. The fourth-order valence-electron chi connectivity index (χ4n) is 2.23. The lowest BCUT2D eigenvalue weighted by Crippen LogP contribution is -2.37. The van der Waals surface area contributed by atoms with Crippen LogP contribution in [-0.4, -0.2) is 35.0 Å². The summed E-state index contributed by atoms with van der Waals surface area (Å²) in [4.78, 5) is 23.0. The first-order chi connectivity index (χ1) is 8.00. The van der Waals surface area contributed by atoms with Crippen LogP contribution in [0, 0.1) is 5.41 Å². The number of rotatable bonds is 6. The van der Waals surface area contributed by atoms with E-state index in [1.807, 2.05) is 13.2 Å². The van der Waals surface area contributed by atoms with Gasteiger partial charge in [0.2, 0.25) is 5.91 Å². The van der Waals surface area contributed by atoms with Crippen LogP contribution in [0.15, 0.2) is 0 Å². The molecule has 0 heterocycles. The highest BCUT2D eigenvalue weighted by Gasteiger charge is 2.42. The van der Waals surface area contributed by atoms with Crippen LogP contribution in [0.3, 0.4) is 0 Å². The van der Waals surface area contributed by atoms with E-state index < -0.39 is 11.4 Å². The lowest BCUT2D eigenvalue weighted by atomic mass is 9.82. The minimum atomic E-state index is -0.817. The number of carbonyl (C=O) groups is 2. The van der Waals surface area contributed by atoms with Gasteiger partial charge in [-0.15, -0.1) is 0 Å². The molecular formula is C12H21NO3S. The molecule has 0 saturated heterocycles. The molecule has 0 aromatic rings.